The highest BCUT2D eigenvalue weighted by Crippen LogP contribution is 2.36. The van der Waals surface area contributed by atoms with Crippen molar-refractivity contribution in [3.63, 3.8) is 0 Å². The predicted octanol–water partition coefficient (Wildman–Crippen LogP) is 2.95. The van der Waals surface area contributed by atoms with Crippen molar-refractivity contribution >= 4 is 6.09 Å². The summed E-state index contributed by atoms with van der Waals surface area (Å²) in [4.78, 5) is 13.5. The quantitative estimate of drug-likeness (QED) is 0.912. The van der Waals surface area contributed by atoms with Crippen molar-refractivity contribution in [1.29, 1.82) is 0 Å². The lowest BCUT2D eigenvalue weighted by Gasteiger charge is -2.25. The van der Waals surface area contributed by atoms with E-state index in [4.69, 9.17) is 10.5 Å². The van der Waals surface area contributed by atoms with Gasteiger partial charge < -0.3 is 15.4 Å². The fourth-order valence-electron chi connectivity index (χ4n) is 2.47. The molecule has 0 saturated carbocycles. The summed E-state index contributed by atoms with van der Waals surface area (Å²) < 4.78 is 20.4. The Hall–Kier alpha value is -1.62. The minimum absolute atomic E-state index is 0.0237. The molecule has 21 heavy (non-hydrogen) atoms. The zero-order valence-electron chi connectivity index (χ0n) is 12.9. The van der Waals surface area contributed by atoms with Crippen LogP contribution < -0.4 is 5.73 Å². The fourth-order valence-corrected chi connectivity index (χ4v) is 2.47. The number of nitrogens with zero attached hydrogens (tertiary/aromatic N) is 1. The number of amides is 1. The van der Waals surface area contributed by atoms with E-state index in [9.17, 15) is 4.79 Å². The fraction of sp³-hybridized carbons (Fsp3) is 0.562. The molecule has 0 bridgehead atoms. The molecule has 1 heterocycles. The molecule has 5 heteroatoms. The second-order valence-electron chi connectivity index (χ2n) is 6.52. The van der Waals surface area contributed by atoms with Gasteiger partial charge in [-0.1, -0.05) is 24.3 Å². The minimum atomic E-state index is -1.53. The molecule has 0 aromatic heterocycles. The number of halogens is 1. The van der Waals surface area contributed by atoms with Crippen LogP contribution in [-0.4, -0.2) is 29.7 Å². The summed E-state index contributed by atoms with van der Waals surface area (Å²) in [6, 6.07) is 7.19. The number of alkyl halides is 1. The molecule has 1 fully saturated rings. The van der Waals surface area contributed by atoms with Crippen molar-refractivity contribution in [2.45, 2.75) is 45.0 Å². The lowest BCUT2D eigenvalue weighted by Crippen LogP contribution is -2.37. The van der Waals surface area contributed by atoms with Gasteiger partial charge in [0, 0.05) is 19.5 Å². The number of likely N-dealkylation sites (tertiary alicyclic amines) is 1. The lowest BCUT2D eigenvalue weighted by atomic mass is 9.93. The Balaban J connectivity index is 2.11. The minimum Gasteiger partial charge on any atom is -0.444 e. The smallest absolute Gasteiger partial charge is 0.410 e. The van der Waals surface area contributed by atoms with Crippen molar-refractivity contribution < 1.29 is 13.9 Å². The van der Waals surface area contributed by atoms with Crippen molar-refractivity contribution in [3.8, 4) is 0 Å². The molecular formula is C16H23FN2O2. The van der Waals surface area contributed by atoms with Gasteiger partial charge in [0.15, 0.2) is 5.67 Å². The number of hydrogen-bond donors (Lipinski definition) is 1. The molecule has 1 amide bonds. The number of benzene rings is 1. The molecule has 0 aliphatic carbocycles. The van der Waals surface area contributed by atoms with E-state index in [0.717, 1.165) is 5.56 Å². The van der Waals surface area contributed by atoms with Gasteiger partial charge in [0.2, 0.25) is 0 Å². The van der Waals surface area contributed by atoms with Crippen LogP contribution in [0.25, 0.3) is 0 Å². The Morgan fingerprint density at radius 3 is 2.81 bits per heavy atom. The number of nitrogens with two attached hydrogens (primary N) is 1. The Morgan fingerprint density at radius 2 is 2.19 bits per heavy atom. The number of hydrogen-bond acceptors (Lipinski definition) is 3. The van der Waals surface area contributed by atoms with E-state index in [1.165, 1.54) is 4.90 Å². The number of carbonyl (C=O) groups is 1. The first kappa shape index (κ1) is 15.8. The first-order chi connectivity index (χ1) is 9.73. The standard InChI is InChI=1S/C16H23FN2O2/c1-15(2,3)21-14(20)19-8-7-16(17,11-19)13-6-4-5-12(9-13)10-18/h4-6,9H,7-8,10-11,18H2,1-3H3. The molecule has 0 radical (unpaired) electrons. The van der Waals surface area contributed by atoms with Crippen LogP contribution in [0.1, 0.15) is 38.3 Å². The van der Waals surface area contributed by atoms with Crippen LogP contribution >= 0.6 is 0 Å². The van der Waals surface area contributed by atoms with Gasteiger partial charge >= 0.3 is 6.09 Å². The lowest BCUT2D eigenvalue weighted by molar-refractivity contribution is 0.0257. The Morgan fingerprint density at radius 1 is 1.48 bits per heavy atom. The highest BCUT2D eigenvalue weighted by atomic mass is 19.1. The third kappa shape index (κ3) is 3.73. The van der Waals surface area contributed by atoms with Crippen LogP contribution in [0.4, 0.5) is 9.18 Å². The summed E-state index contributed by atoms with van der Waals surface area (Å²) in [5.41, 5.74) is 4.97. The van der Waals surface area contributed by atoms with E-state index in [-0.39, 0.29) is 13.0 Å². The van der Waals surface area contributed by atoms with E-state index in [1.54, 1.807) is 39.0 Å². The molecular weight excluding hydrogens is 271 g/mol. The highest BCUT2D eigenvalue weighted by Gasteiger charge is 2.43. The zero-order valence-corrected chi connectivity index (χ0v) is 12.9. The van der Waals surface area contributed by atoms with Crippen molar-refractivity contribution in [3.05, 3.63) is 35.4 Å². The summed E-state index contributed by atoms with van der Waals surface area (Å²) in [5.74, 6) is 0. The third-order valence-corrected chi connectivity index (χ3v) is 3.55. The third-order valence-electron chi connectivity index (χ3n) is 3.55. The normalized spacial score (nSPS) is 22.4. The van der Waals surface area contributed by atoms with Crippen LogP contribution in [0.3, 0.4) is 0 Å². The Kier molecular flexibility index (Phi) is 4.23. The molecule has 1 aliphatic rings. The second kappa shape index (κ2) is 5.64. The summed E-state index contributed by atoms with van der Waals surface area (Å²) in [5, 5.41) is 0. The number of carbonyl (C=O) groups excluding carboxylic acids is 1. The SMILES string of the molecule is CC(C)(C)OC(=O)N1CCC(F)(c2cccc(CN)c2)C1. The molecule has 1 aromatic carbocycles. The van der Waals surface area contributed by atoms with E-state index >= 15 is 4.39 Å². The van der Waals surface area contributed by atoms with Crippen LogP contribution in [0.15, 0.2) is 24.3 Å². The van der Waals surface area contributed by atoms with Crippen molar-refractivity contribution in [2.24, 2.45) is 5.73 Å². The van der Waals surface area contributed by atoms with E-state index in [1.807, 2.05) is 6.07 Å². The van der Waals surface area contributed by atoms with Gasteiger partial charge in [0.05, 0.1) is 6.54 Å². The van der Waals surface area contributed by atoms with Crippen LogP contribution in [-0.2, 0) is 17.0 Å². The number of ether oxygens (including phenoxy) is 1. The molecule has 116 valence electrons. The van der Waals surface area contributed by atoms with Crippen molar-refractivity contribution in [1.82, 2.24) is 4.90 Å². The second-order valence-corrected chi connectivity index (χ2v) is 6.52. The van der Waals surface area contributed by atoms with Crippen LogP contribution in [0.2, 0.25) is 0 Å². The topological polar surface area (TPSA) is 55.6 Å². The molecule has 2 rings (SSSR count). The average molecular weight is 294 g/mol. The molecule has 4 nitrogen and oxygen atoms in total. The monoisotopic (exact) mass is 294 g/mol. The summed E-state index contributed by atoms with van der Waals surface area (Å²) >= 11 is 0. The predicted molar refractivity (Wildman–Crippen MR) is 79.5 cm³/mol. The first-order valence-electron chi connectivity index (χ1n) is 7.20. The van der Waals surface area contributed by atoms with E-state index in [0.29, 0.717) is 18.7 Å². The first-order valence-corrected chi connectivity index (χ1v) is 7.20. The van der Waals surface area contributed by atoms with Gasteiger partial charge in [-0.25, -0.2) is 9.18 Å². The van der Waals surface area contributed by atoms with Gasteiger partial charge in [0.1, 0.15) is 5.60 Å². The van der Waals surface area contributed by atoms with Gasteiger partial charge in [-0.2, -0.15) is 0 Å². The largest absolute Gasteiger partial charge is 0.444 e. The highest BCUT2D eigenvalue weighted by molar-refractivity contribution is 5.68. The zero-order chi connectivity index (χ0) is 15.7. The molecule has 0 spiro atoms. The molecule has 1 unspecified atom stereocenters. The van der Waals surface area contributed by atoms with Gasteiger partial charge in [-0.3, -0.25) is 0 Å². The van der Waals surface area contributed by atoms with Gasteiger partial charge in [-0.05, 0) is 31.9 Å². The van der Waals surface area contributed by atoms with Gasteiger partial charge in [-0.15, -0.1) is 0 Å². The van der Waals surface area contributed by atoms with Crippen molar-refractivity contribution in [2.75, 3.05) is 13.1 Å². The van der Waals surface area contributed by atoms with E-state index < -0.39 is 17.4 Å². The molecule has 2 N–H and O–H groups in total. The molecule has 1 atom stereocenters. The van der Waals surface area contributed by atoms with E-state index in [2.05, 4.69) is 0 Å². The molecule has 1 aromatic rings. The Bertz CT molecular complexity index is 527. The maximum atomic E-state index is 15.1. The van der Waals surface area contributed by atoms with Crippen LogP contribution in [0.5, 0.6) is 0 Å². The number of rotatable bonds is 2. The molecule has 1 saturated heterocycles. The summed E-state index contributed by atoms with van der Waals surface area (Å²) in [7, 11) is 0. The maximum Gasteiger partial charge on any atom is 0.410 e. The summed E-state index contributed by atoms with van der Waals surface area (Å²) in [6.07, 6.45) is -0.183. The van der Waals surface area contributed by atoms with Gasteiger partial charge in [0.25, 0.3) is 0 Å². The molecule has 1 aliphatic heterocycles. The Labute approximate surface area is 125 Å². The summed E-state index contributed by atoms with van der Waals surface area (Å²) in [6.45, 7) is 6.16. The maximum absolute atomic E-state index is 15.1. The van der Waals surface area contributed by atoms with Crippen LogP contribution in [0, 0.1) is 0 Å². The average Bonchev–Trinajstić information content (AvgIpc) is 2.81.